The summed E-state index contributed by atoms with van der Waals surface area (Å²) >= 11 is 0. The maximum atomic E-state index is 14.9. The summed E-state index contributed by atoms with van der Waals surface area (Å²) in [6.45, 7) is 20.4. The van der Waals surface area contributed by atoms with Gasteiger partial charge in [0.15, 0.2) is 5.75 Å². The van der Waals surface area contributed by atoms with Gasteiger partial charge >= 0.3 is 11.8 Å². The number of piperidine rings is 1. The van der Waals surface area contributed by atoms with Gasteiger partial charge in [0.05, 0.1) is 40.8 Å². The fraction of sp³-hybridized carbons (Fsp3) is 0.544. The number of phenols is 2. The van der Waals surface area contributed by atoms with E-state index >= 15 is 0 Å². The molecule has 6 heterocycles. The van der Waals surface area contributed by atoms with Gasteiger partial charge in [0.25, 0.3) is 11.7 Å². The van der Waals surface area contributed by atoms with E-state index in [-0.39, 0.29) is 81.4 Å². The van der Waals surface area contributed by atoms with E-state index in [0.29, 0.717) is 43.2 Å². The molecule has 6 aliphatic heterocycles. The monoisotopic (exact) mass is 1100 g/mol. The number of phenolic OH excluding ortho intramolecular Hbond substituents is 2. The second-order valence-corrected chi connectivity index (χ2v) is 24.1. The van der Waals surface area contributed by atoms with Gasteiger partial charge in [-0.05, 0) is 57.2 Å². The molecule has 0 aromatic heterocycles. The molecule has 20 nitrogen and oxygen atoms in total. The average molecular weight is 1100 g/mol. The van der Waals surface area contributed by atoms with E-state index in [0.717, 1.165) is 6.54 Å². The summed E-state index contributed by atoms with van der Waals surface area (Å²) in [6, 6.07) is 6.35. The van der Waals surface area contributed by atoms with Crippen LogP contribution in [0.1, 0.15) is 97.5 Å². The Morgan fingerprint density at radius 3 is 2.24 bits per heavy atom. The molecule has 7 N–H and O–H groups in total. The van der Waals surface area contributed by atoms with Gasteiger partial charge in [0.2, 0.25) is 15.9 Å². The fourth-order valence-corrected chi connectivity index (χ4v) is 12.3. The molecule has 3 aromatic rings. The number of likely N-dealkylation sites (tertiary alicyclic amines) is 1. The van der Waals surface area contributed by atoms with Crippen LogP contribution >= 0.6 is 0 Å². The van der Waals surface area contributed by atoms with Crippen LogP contribution in [0.4, 0.5) is 11.4 Å². The number of piperazine rings is 1. The lowest BCUT2D eigenvalue weighted by Crippen LogP contribution is -2.52. The molecular formula is C57H75N7O13S. The van der Waals surface area contributed by atoms with Gasteiger partial charge in [0.1, 0.15) is 44.8 Å². The summed E-state index contributed by atoms with van der Waals surface area (Å²) in [7, 11) is -4.02. The number of hydrogen-bond donors (Lipinski definition) is 6. The number of amides is 2. The lowest BCUT2D eigenvalue weighted by molar-refractivity contribution is -0.168. The number of carbonyl (C=O) groups is 4. The van der Waals surface area contributed by atoms with Crippen molar-refractivity contribution in [3.8, 4) is 17.2 Å². The Kier molecular flexibility index (Phi) is 16.6. The van der Waals surface area contributed by atoms with Crippen LogP contribution in [0.5, 0.6) is 17.2 Å². The number of benzene rings is 3. The number of aliphatic hydroxyl groups is 2. The number of rotatable bonds is 7. The summed E-state index contributed by atoms with van der Waals surface area (Å²) in [5.74, 6) is -9.14. The van der Waals surface area contributed by atoms with Crippen molar-refractivity contribution in [3.63, 3.8) is 0 Å². The number of sulfonamides is 1. The summed E-state index contributed by atoms with van der Waals surface area (Å²) in [6.07, 6.45) is 5.56. The predicted octanol–water partition coefficient (Wildman–Crippen LogP) is 4.74. The minimum absolute atomic E-state index is 0.0276. The maximum Gasteiger partial charge on any atom is 0.318 e. The Hall–Kier alpha value is -6.39. The van der Waals surface area contributed by atoms with E-state index in [4.69, 9.17) is 24.3 Å². The number of primary sulfonamides is 1. The summed E-state index contributed by atoms with van der Waals surface area (Å²) in [5, 5.41) is 56.8. The number of Topliss-reactive ketones (excluding diaryl/α,β-unsaturated/α-hetero) is 1. The number of fused-ring (bicyclic) bond motifs is 13. The molecule has 2 fully saturated rings. The number of aromatic hydroxyl groups is 2. The Morgan fingerprint density at radius 1 is 0.923 bits per heavy atom. The number of para-hydroxylation sites is 1. The molecule has 1 unspecified atom stereocenters. The Morgan fingerprint density at radius 2 is 1.59 bits per heavy atom. The molecular weight excluding hydrogens is 1020 g/mol. The number of ketones is 1. The molecule has 6 aliphatic rings. The third-order valence-electron chi connectivity index (χ3n) is 16.3. The van der Waals surface area contributed by atoms with Crippen LogP contribution in [0.2, 0.25) is 0 Å². The molecule has 5 bridgehead atoms. The highest BCUT2D eigenvalue weighted by atomic mass is 32.2. The largest absolute Gasteiger partial charge is 0.507 e. The number of hydrogen-bond acceptors (Lipinski definition) is 17. The number of nitrogens with two attached hydrogens (primary N) is 1. The molecule has 78 heavy (non-hydrogen) atoms. The number of esters is 1. The quantitative estimate of drug-likeness (QED) is 0.106. The second kappa shape index (κ2) is 22.4. The number of nitrogens with zero attached hydrogens (tertiary/aromatic N) is 5. The molecule has 21 heteroatoms. The van der Waals surface area contributed by atoms with Crippen molar-refractivity contribution in [1.82, 2.24) is 9.80 Å². The highest BCUT2D eigenvalue weighted by molar-refractivity contribution is 7.89. The van der Waals surface area contributed by atoms with Crippen molar-refractivity contribution in [2.24, 2.45) is 50.6 Å². The second-order valence-electron chi connectivity index (χ2n) is 22.5. The van der Waals surface area contributed by atoms with Gasteiger partial charge in [-0.3, -0.25) is 24.2 Å². The van der Waals surface area contributed by atoms with Crippen molar-refractivity contribution in [2.75, 3.05) is 56.0 Å². The lowest BCUT2D eigenvalue weighted by Gasteiger charge is -2.38. The topological polar surface area (TPSA) is 284 Å². The van der Waals surface area contributed by atoms with Gasteiger partial charge in [-0.15, -0.1) is 0 Å². The highest BCUT2D eigenvalue weighted by Crippen LogP contribution is 2.51. The van der Waals surface area contributed by atoms with Crippen molar-refractivity contribution < 1.29 is 62.2 Å². The van der Waals surface area contributed by atoms with E-state index < -0.39 is 104 Å². The summed E-state index contributed by atoms with van der Waals surface area (Å²) in [4.78, 5) is 72.3. The first-order chi connectivity index (χ1) is 36.7. The number of carbonyl (C=O) groups excluding carboxylic acids is 4. The van der Waals surface area contributed by atoms with Gasteiger partial charge < -0.3 is 54.7 Å². The zero-order chi connectivity index (χ0) is 56.9. The van der Waals surface area contributed by atoms with Gasteiger partial charge in [-0.1, -0.05) is 71.9 Å². The minimum Gasteiger partial charge on any atom is -0.507 e. The van der Waals surface area contributed by atoms with E-state index in [1.54, 1.807) is 78.0 Å². The summed E-state index contributed by atoms with van der Waals surface area (Å²) < 4.78 is 43.4. The van der Waals surface area contributed by atoms with Crippen LogP contribution < -0.4 is 30.8 Å². The Labute approximate surface area is 455 Å². The van der Waals surface area contributed by atoms with E-state index in [9.17, 15) is 48.0 Å². The molecule has 422 valence electrons. The lowest BCUT2D eigenvalue weighted by atomic mass is 9.79. The number of allylic oxidation sites excluding steroid dienone is 3. The van der Waals surface area contributed by atoms with E-state index in [2.05, 4.69) is 29.1 Å². The van der Waals surface area contributed by atoms with Gasteiger partial charge in [-0.25, -0.2) is 18.5 Å². The number of aliphatic hydroxyl groups excluding tert-OH is 2. The molecule has 1 spiro atoms. The standard InChI is InChI=1S/C57H75N7O13S/c1-30(2)29-62-22-20-57(21-23-62)60-43-40-41-48(67)36(8)51-42(40)52(69)56(10,77-51)75-28-14-17-32(4)50(76-55(72)37(9)54(71)64-26-24-63(25-27-64)38-18-11-12-19-39(38)78(58,73)74)35(7)47(66)34(6)46(65)31(3)15-13-16-33(5)53(70)59-45(49(41)68)44(43)61-57/h11-16,18-19,28,30-32,34-35,37,46-47,50,60,65-68H,17,20-27,29H2,1-10H3,(H2,58,73,74)/b15-13+,28-14+,33-16-,59-45?/t31-,32+,34+,35+,37?,46-,47+,50+,56-/m0/s1. The minimum atomic E-state index is -4.02. The van der Waals surface area contributed by atoms with Crippen molar-refractivity contribution in [1.29, 1.82) is 0 Å². The van der Waals surface area contributed by atoms with Crippen LogP contribution in [0.3, 0.4) is 0 Å². The molecule has 9 atom stereocenters. The predicted molar refractivity (Wildman–Crippen MR) is 292 cm³/mol. The van der Waals surface area contributed by atoms with Crippen molar-refractivity contribution >= 4 is 55.7 Å². The van der Waals surface area contributed by atoms with Crippen LogP contribution in [-0.2, 0) is 33.9 Å². The van der Waals surface area contributed by atoms with Gasteiger partial charge in [0, 0.05) is 99.9 Å². The first-order valence-electron chi connectivity index (χ1n) is 26.9. The number of ether oxygens (including phenoxy) is 3. The molecule has 2 saturated heterocycles. The number of anilines is 2. The van der Waals surface area contributed by atoms with E-state index in [1.165, 1.54) is 37.2 Å². The van der Waals surface area contributed by atoms with Crippen LogP contribution in [0.15, 0.2) is 75.3 Å². The first kappa shape index (κ1) is 57.8. The first-order valence-corrected chi connectivity index (χ1v) is 28.4. The molecule has 3 aromatic carbocycles. The summed E-state index contributed by atoms with van der Waals surface area (Å²) in [5.41, 5.74) is 0.149. The maximum absolute atomic E-state index is 14.9. The van der Waals surface area contributed by atoms with Crippen molar-refractivity contribution in [2.45, 2.75) is 123 Å². The number of nitrogens with one attached hydrogen (secondary N) is 1. The zero-order valence-electron chi connectivity index (χ0n) is 46.1. The van der Waals surface area contributed by atoms with Crippen molar-refractivity contribution in [3.05, 3.63) is 82.2 Å². The highest BCUT2D eigenvalue weighted by Gasteiger charge is 2.51. The van der Waals surface area contributed by atoms with Crippen LogP contribution in [0, 0.1) is 42.4 Å². The average Bonchev–Trinajstić information content (AvgIpc) is 4.14. The third kappa shape index (κ3) is 11.1. The smallest absolute Gasteiger partial charge is 0.318 e. The normalized spacial score (nSPS) is 28.9. The SMILES string of the molecule is C/C1=C/C=C/[C@H](C)[C@H](O)[C@@H](C)[C@@H](O)[C@@H](C)[C@H](OC(=O)C(C)C(=O)N2CCN(c3ccccc3S(N)(=O)=O)CC2)[C@H](C)C/C=C/O[C@@]2(C)Oc3c(C)c(O)c4c(O)c(c5c(c4c3C2=O)NC2(CCN(CC(C)C)CC2)N=5)=NC1=O. The molecule has 0 radical (unpaired) electrons. The Bertz CT molecular complexity index is 3220. The van der Waals surface area contributed by atoms with Crippen LogP contribution in [0.25, 0.3) is 10.8 Å². The third-order valence-corrected chi connectivity index (χ3v) is 17.2. The fourth-order valence-electron chi connectivity index (χ4n) is 11.5. The Balaban J connectivity index is 1.11. The zero-order valence-corrected chi connectivity index (χ0v) is 47.0. The molecule has 2 amide bonds. The van der Waals surface area contributed by atoms with Crippen LogP contribution in [-0.4, -0.2) is 138 Å². The molecule has 0 aliphatic carbocycles. The van der Waals surface area contributed by atoms with E-state index in [1.807, 2.05) is 4.90 Å². The molecule has 9 rings (SSSR count). The molecule has 0 saturated carbocycles. The van der Waals surface area contributed by atoms with Gasteiger partial charge in [-0.2, -0.15) is 0 Å².